The van der Waals surface area contributed by atoms with Crippen LogP contribution in [0.2, 0.25) is 0 Å². The molecule has 0 aliphatic carbocycles. The van der Waals surface area contributed by atoms with Crippen LogP contribution < -0.4 is 10.1 Å². The molecule has 1 amide bonds. The number of hydrogen-bond donors (Lipinski definition) is 1. The number of thiazole rings is 1. The summed E-state index contributed by atoms with van der Waals surface area (Å²) in [4.78, 5) is 16.5. The van der Waals surface area contributed by atoms with Crippen LogP contribution in [0.25, 0.3) is 16.9 Å². The lowest BCUT2D eigenvalue weighted by molar-refractivity contribution is -0.113. The van der Waals surface area contributed by atoms with Gasteiger partial charge in [-0.1, -0.05) is 17.8 Å². The third-order valence-corrected chi connectivity index (χ3v) is 5.84. The zero-order valence-electron chi connectivity index (χ0n) is 16.1. The van der Waals surface area contributed by atoms with Crippen LogP contribution in [0, 0.1) is 11.6 Å². The van der Waals surface area contributed by atoms with E-state index in [-0.39, 0.29) is 22.9 Å². The number of carbonyl (C=O) groups excluding carboxylic acids is 1. The summed E-state index contributed by atoms with van der Waals surface area (Å²) in [5.74, 6) is -0.713. The maximum absolute atomic E-state index is 13.9. The Morgan fingerprint density at radius 1 is 1.26 bits per heavy atom. The lowest BCUT2D eigenvalue weighted by atomic mass is 10.1. The molecule has 1 N–H and O–H groups in total. The van der Waals surface area contributed by atoms with E-state index in [0.717, 1.165) is 35.2 Å². The highest BCUT2D eigenvalue weighted by Crippen LogP contribution is 2.28. The molecule has 0 radical (unpaired) electrons. The van der Waals surface area contributed by atoms with E-state index in [0.29, 0.717) is 16.0 Å². The number of anilines is 1. The minimum atomic E-state index is -0.586. The number of aromatic nitrogens is 4. The van der Waals surface area contributed by atoms with E-state index in [4.69, 9.17) is 4.74 Å². The van der Waals surface area contributed by atoms with Crippen LogP contribution in [0.5, 0.6) is 5.75 Å². The molecule has 0 atom stereocenters. The molecule has 0 spiro atoms. The van der Waals surface area contributed by atoms with Crippen LogP contribution in [0.4, 0.5) is 13.9 Å². The summed E-state index contributed by atoms with van der Waals surface area (Å²) in [7, 11) is 1.58. The highest BCUT2D eigenvalue weighted by Gasteiger charge is 2.14. The van der Waals surface area contributed by atoms with Gasteiger partial charge in [0.15, 0.2) is 10.3 Å². The smallest absolute Gasteiger partial charge is 0.236 e. The second-order valence-electron chi connectivity index (χ2n) is 6.18. The monoisotopic (exact) mass is 459 g/mol. The summed E-state index contributed by atoms with van der Waals surface area (Å²) in [5.41, 5.74) is 1.09. The van der Waals surface area contributed by atoms with Crippen molar-refractivity contribution < 1.29 is 18.3 Å². The summed E-state index contributed by atoms with van der Waals surface area (Å²) in [6.07, 6.45) is 1.55. The average molecular weight is 460 g/mol. The first kappa shape index (κ1) is 20.9. The summed E-state index contributed by atoms with van der Waals surface area (Å²) < 4.78 is 34.3. The number of nitrogens with one attached hydrogen (secondary N) is 1. The van der Waals surface area contributed by atoms with Gasteiger partial charge in [-0.15, -0.1) is 21.5 Å². The molecular weight excluding hydrogens is 444 g/mol. The normalized spacial score (nSPS) is 10.8. The molecule has 31 heavy (non-hydrogen) atoms. The van der Waals surface area contributed by atoms with Gasteiger partial charge in [0.05, 0.1) is 24.2 Å². The van der Waals surface area contributed by atoms with Gasteiger partial charge >= 0.3 is 0 Å². The first-order chi connectivity index (χ1) is 15.0. The van der Waals surface area contributed by atoms with E-state index in [9.17, 15) is 13.6 Å². The van der Waals surface area contributed by atoms with Crippen LogP contribution in [0.1, 0.15) is 0 Å². The molecule has 0 aliphatic rings. The molecule has 0 fully saturated rings. The van der Waals surface area contributed by atoms with Crippen molar-refractivity contribution in [2.24, 2.45) is 0 Å². The zero-order chi connectivity index (χ0) is 21.8. The van der Waals surface area contributed by atoms with Gasteiger partial charge in [0.25, 0.3) is 0 Å². The summed E-state index contributed by atoms with van der Waals surface area (Å²) in [6, 6.07) is 10.5. The van der Waals surface area contributed by atoms with Crippen LogP contribution in [0.3, 0.4) is 0 Å². The van der Waals surface area contributed by atoms with Gasteiger partial charge in [0.1, 0.15) is 23.7 Å². The SMILES string of the molecule is COc1cccc(-n2cnnc2SCC(=O)Nc2nc(-c3cc(F)ccc3F)cs2)c1. The van der Waals surface area contributed by atoms with Crippen LogP contribution in [-0.4, -0.2) is 38.5 Å². The number of rotatable bonds is 7. The summed E-state index contributed by atoms with van der Waals surface area (Å²) in [5, 5.41) is 13.0. The predicted octanol–water partition coefficient (Wildman–Crippen LogP) is 4.41. The molecule has 2 heterocycles. The van der Waals surface area contributed by atoms with Crippen molar-refractivity contribution in [2.75, 3.05) is 18.2 Å². The fraction of sp³-hybridized carbons (Fsp3) is 0.100. The molecule has 0 aliphatic heterocycles. The van der Waals surface area contributed by atoms with Crippen molar-refractivity contribution in [3.05, 3.63) is 65.8 Å². The largest absolute Gasteiger partial charge is 0.497 e. The standard InChI is InChI=1S/C20H15F2N5O2S2/c1-29-14-4-2-3-13(8-14)27-11-23-26-20(27)31-10-18(28)25-19-24-17(9-30-19)15-7-12(21)5-6-16(15)22/h2-9,11H,10H2,1H3,(H,24,25,28). The van der Waals surface area contributed by atoms with Crippen molar-refractivity contribution >= 4 is 34.1 Å². The average Bonchev–Trinajstić information content (AvgIpc) is 3.43. The van der Waals surface area contributed by atoms with Crippen LogP contribution >= 0.6 is 23.1 Å². The number of halogens is 2. The Hall–Kier alpha value is -3.31. The number of nitrogens with zero attached hydrogens (tertiary/aromatic N) is 4. The van der Waals surface area contributed by atoms with Gasteiger partial charge in [-0.25, -0.2) is 13.8 Å². The number of hydrogen-bond acceptors (Lipinski definition) is 7. The summed E-state index contributed by atoms with van der Waals surface area (Å²) in [6.45, 7) is 0. The fourth-order valence-electron chi connectivity index (χ4n) is 2.69. The Kier molecular flexibility index (Phi) is 6.23. The molecule has 11 heteroatoms. The number of ether oxygens (including phenoxy) is 1. The number of thioether (sulfide) groups is 1. The van der Waals surface area contributed by atoms with E-state index in [2.05, 4.69) is 20.5 Å². The molecule has 0 saturated carbocycles. The lowest BCUT2D eigenvalue weighted by Gasteiger charge is -2.07. The van der Waals surface area contributed by atoms with Crippen molar-refractivity contribution in [1.82, 2.24) is 19.7 Å². The Bertz CT molecular complexity index is 1230. The molecule has 0 bridgehead atoms. The van der Waals surface area contributed by atoms with Gasteiger partial charge in [0.2, 0.25) is 5.91 Å². The fourth-order valence-corrected chi connectivity index (χ4v) is 4.15. The van der Waals surface area contributed by atoms with Gasteiger partial charge in [-0.3, -0.25) is 9.36 Å². The van der Waals surface area contributed by atoms with Gasteiger partial charge < -0.3 is 10.1 Å². The topological polar surface area (TPSA) is 81.9 Å². The number of benzene rings is 2. The minimum Gasteiger partial charge on any atom is -0.497 e. The van der Waals surface area contributed by atoms with Gasteiger partial charge in [0, 0.05) is 17.0 Å². The molecule has 0 saturated heterocycles. The number of carbonyl (C=O) groups is 1. The van der Waals surface area contributed by atoms with E-state index >= 15 is 0 Å². The minimum absolute atomic E-state index is 0.0394. The summed E-state index contributed by atoms with van der Waals surface area (Å²) >= 11 is 2.33. The molecule has 2 aromatic carbocycles. The Labute approximate surface area is 184 Å². The highest BCUT2D eigenvalue weighted by atomic mass is 32.2. The van der Waals surface area contributed by atoms with E-state index in [1.807, 2.05) is 24.3 Å². The van der Waals surface area contributed by atoms with E-state index in [1.165, 1.54) is 11.8 Å². The number of methoxy groups -OCH3 is 1. The molecule has 7 nitrogen and oxygen atoms in total. The lowest BCUT2D eigenvalue weighted by Crippen LogP contribution is -2.14. The molecular formula is C20H15F2N5O2S2. The van der Waals surface area contributed by atoms with Crippen molar-refractivity contribution in [3.8, 4) is 22.7 Å². The molecule has 0 unspecified atom stereocenters. The predicted molar refractivity (Wildman–Crippen MR) is 115 cm³/mol. The van der Waals surface area contributed by atoms with E-state index < -0.39 is 11.6 Å². The third kappa shape index (κ3) is 4.89. The first-order valence-corrected chi connectivity index (χ1v) is 10.8. The second-order valence-corrected chi connectivity index (χ2v) is 7.98. The van der Waals surface area contributed by atoms with Gasteiger partial charge in [-0.2, -0.15) is 0 Å². The molecule has 4 aromatic rings. The van der Waals surface area contributed by atoms with Gasteiger partial charge in [-0.05, 0) is 30.3 Å². The molecule has 158 valence electrons. The maximum Gasteiger partial charge on any atom is 0.236 e. The third-order valence-electron chi connectivity index (χ3n) is 4.14. The van der Waals surface area contributed by atoms with E-state index in [1.54, 1.807) is 23.4 Å². The maximum atomic E-state index is 13.9. The zero-order valence-corrected chi connectivity index (χ0v) is 17.7. The van der Waals surface area contributed by atoms with Crippen molar-refractivity contribution in [1.29, 1.82) is 0 Å². The highest BCUT2D eigenvalue weighted by molar-refractivity contribution is 7.99. The second kappa shape index (κ2) is 9.23. The Balaban J connectivity index is 1.40. The molecule has 4 rings (SSSR count). The quantitative estimate of drug-likeness (QED) is 0.413. The molecule has 2 aromatic heterocycles. The van der Waals surface area contributed by atoms with Crippen molar-refractivity contribution in [3.63, 3.8) is 0 Å². The van der Waals surface area contributed by atoms with Crippen LogP contribution in [-0.2, 0) is 4.79 Å². The van der Waals surface area contributed by atoms with Crippen LogP contribution in [0.15, 0.2) is 59.3 Å². The Morgan fingerprint density at radius 2 is 2.13 bits per heavy atom. The Morgan fingerprint density at radius 3 is 2.97 bits per heavy atom. The first-order valence-electron chi connectivity index (χ1n) is 8.91. The number of amides is 1. The van der Waals surface area contributed by atoms with Crippen molar-refractivity contribution in [2.45, 2.75) is 5.16 Å².